The van der Waals surface area contributed by atoms with E-state index in [0.29, 0.717) is 0 Å². The van der Waals surface area contributed by atoms with Gasteiger partial charge in [0.2, 0.25) is 0 Å². The van der Waals surface area contributed by atoms with Gasteiger partial charge in [0, 0.05) is 22.0 Å². The van der Waals surface area contributed by atoms with Crippen molar-refractivity contribution in [3.05, 3.63) is 80.9 Å². The Morgan fingerprint density at radius 3 is 2.72 bits per heavy atom. The molecule has 2 aromatic heterocycles. The molecule has 3 nitrogen and oxygen atoms in total. The number of aryl methyl sites for hydroxylation is 3. The monoisotopic (exact) mass is 419 g/mol. The van der Waals surface area contributed by atoms with E-state index in [9.17, 15) is 0 Å². The molecule has 29 heavy (non-hydrogen) atoms. The number of hydrogen-bond acceptors (Lipinski definition) is 4. The number of thiophene rings is 1. The van der Waals surface area contributed by atoms with Gasteiger partial charge in [0.05, 0.1) is 5.39 Å². The molecule has 0 amide bonds. The summed E-state index contributed by atoms with van der Waals surface area (Å²) in [6.07, 6.45) is 5.49. The second-order valence-corrected chi connectivity index (χ2v) is 9.15. The number of nitrogens with one attached hydrogen (secondary N) is 1. The van der Waals surface area contributed by atoms with Gasteiger partial charge in [-0.3, -0.25) is 0 Å². The summed E-state index contributed by atoms with van der Waals surface area (Å²) in [4.78, 5) is 12.5. The maximum Gasteiger partial charge on any atom is 0.143 e. The summed E-state index contributed by atoms with van der Waals surface area (Å²) in [5.74, 6) is 1.76. The van der Waals surface area contributed by atoms with Crippen molar-refractivity contribution < 1.29 is 0 Å². The van der Waals surface area contributed by atoms with E-state index >= 15 is 0 Å². The highest BCUT2D eigenvalue weighted by Gasteiger charge is 2.21. The van der Waals surface area contributed by atoms with Crippen LogP contribution >= 0.6 is 22.9 Å². The molecule has 2 heterocycles. The molecule has 0 radical (unpaired) electrons. The maximum atomic E-state index is 6.26. The summed E-state index contributed by atoms with van der Waals surface area (Å²) >= 11 is 8.10. The first-order valence-electron chi connectivity index (χ1n) is 10.1. The smallest absolute Gasteiger partial charge is 0.143 e. The minimum Gasteiger partial charge on any atom is -0.339 e. The van der Waals surface area contributed by atoms with E-state index in [0.717, 1.165) is 52.0 Å². The minimum atomic E-state index is 0.722. The van der Waals surface area contributed by atoms with E-state index in [4.69, 9.17) is 21.6 Å². The van der Waals surface area contributed by atoms with Crippen molar-refractivity contribution in [1.82, 2.24) is 9.97 Å². The van der Waals surface area contributed by atoms with Crippen LogP contribution in [0, 0.1) is 6.92 Å². The van der Waals surface area contributed by atoms with Crippen LogP contribution in [-0.4, -0.2) is 9.97 Å². The van der Waals surface area contributed by atoms with Crippen LogP contribution in [0.5, 0.6) is 0 Å². The van der Waals surface area contributed by atoms with E-state index in [1.54, 1.807) is 0 Å². The highest BCUT2D eigenvalue weighted by atomic mass is 35.5. The summed E-state index contributed by atoms with van der Waals surface area (Å²) < 4.78 is 0. The zero-order valence-electron chi connectivity index (χ0n) is 16.3. The van der Waals surface area contributed by atoms with Crippen molar-refractivity contribution in [2.75, 3.05) is 5.32 Å². The van der Waals surface area contributed by atoms with Crippen LogP contribution in [-0.2, 0) is 19.3 Å². The Balaban J connectivity index is 1.64. The number of hydrogen-bond donors (Lipinski definition) is 1. The van der Waals surface area contributed by atoms with E-state index in [-0.39, 0.29) is 0 Å². The third kappa shape index (κ3) is 3.75. The third-order valence-electron chi connectivity index (χ3n) is 5.52. The van der Waals surface area contributed by atoms with Gasteiger partial charge in [0.25, 0.3) is 0 Å². The Hall–Kier alpha value is -2.43. The first-order valence-corrected chi connectivity index (χ1v) is 11.2. The third-order valence-corrected chi connectivity index (χ3v) is 6.94. The number of nitrogens with zero attached hydrogens (tertiary/aromatic N) is 2. The zero-order valence-corrected chi connectivity index (χ0v) is 17.9. The molecule has 0 saturated carbocycles. The highest BCUT2D eigenvalue weighted by Crippen LogP contribution is 2.40. The first kappa shape index (κ1) is 18.6. The zero-order chi connectivity index (χ0) is 19.8. The predicted octanol–water partition coefficient (Wildman–Crippen LogP) is 6.87. The lowest BCUT2D eigenvalue weighted by molar-refractivity contribution is 0.700. The van der Waals surface area contributed by atoms with Gasteiger partial charge in [-0.2, -0.15) is 0 Å². The number of halogens is 1. The highest BCUT2D eigenvalue weighted by molar-refractivity contribution is 7.19. The molecule has 0 unspecified atom stereocenters. The Morgan fingerprint density at radius 1 is 1.03 bits per heavy atom. The van der Waals surface area contributed by atoms with Crippen molar-refractivity contribution in [3.63, 3.8) is 0 Å². The summed E-state index contributed by atoms with van der Waals surface area (Å²) in [6.45, 7) is 2.09. The van der Waals surface area contributed by atoms with E-state index in [1.807, 2.05) is 35.6 Å². The second-order valence-electron chi connectivity index (χ2n) is 7.63. The van der Waals surface area contributed by atoms with Crippen molar-refractivity contribution in [2.24, 2.45) is 0 Å². The molecule has 4 aromatic rings. The first-order chi connectivity index (χ1) is 14.2. The molecule has 1 aliphatic rings. The fourth-order valence-electron chi connectivity index (χ4n) is 4.01. The molecule has 0 bridgehead atoms. The topological polar surface area (TPSA) is 37.8 Å². The van der Waals surface area contributed by atoms with Gasteiger partial charge >= 0.3 is 0 Å². The van der Waals surface area contributed by atoms with Crippen molar-refractivity contribution in [3.8, 4) is 0 Å². The minimum absolute atomic E-state index is 0.722. The van der Waals surface area contributed by atoms with Crippen LogP contribution in [0.4, 0.5) is 11.5 Å². The lowest BCUT2D eigenvalue weighted by atomic mass is 9.97. The fourth-order valence-corrected chi connectivity index (χ4v) is 5.46. The average molecular weight is 420 g/mol. The maximum absolute atomic E-state index is 6.26. The Morgan fingerprint density at radius 2 is 1.86 bits per heavy atom. The Kier molecular flexibility index (Phi) is 4.98. The largest absolute Gasteiger partial charge is 0.339 e. The molecule has 5 heteroatoms. The number of benzene rings is 2. The lowest BCUT2D eigenvalue weighted by Gasteiger charge is -2.15. The van der Waals surface area contributed by atoms with Crippen molar-refractivity contribution >= 4 is 44.7 Å². The van der Waals surface area contributed by atoms with Crippen molar-refractivity contribution in [2.45, 2.75) is 39.0 Å². The molecule has 1 aliphatic carbocycles. The lowest BCUT2D eigenvalue weighted by Crippen LogP contribution is -2.05. The predicted molar refractivity (Wildman–Crippen MR) is 123 cm³/mol. The molecule has 1 N–H and O–H groups in total. The summed E-state index contributed by atoms with van der Waals surface area (Å²) in [7, 11) is 0. The van der Waals surface area contributed by atoms with Gasteiger partial charge in [-0.05, 0) is 61.4 Å². The van der Waals surface area contributed by atoms with Gasteiger partial charge in [0.1, 0.15) is 16.5 Å². The number of fused-ring (bicyclic) bond motifs is 3. The molecule has 0 aliphatic heterocycles. The van der Waals surface area contributed by atoms with Gasteiger partial charge in [-0.1, -0.05) is 48.0 Å². The van der Waals surface area contributed by atoms with Crippen LogP contribution in [0.3, 0.4) is 0 Å². The van der Waals surface area contributed by atoms with E-state index in [2.05, 4.69) is 36.5 Å². The van der Waals surface area contributed by atoms with Gasteiger partial charge in [-0.15, -0.1) is 11.3 Å². The molecule has 0 saturated heterocycles. The number of anilines is 2. The van der Waals surface area contributed by atoms with Crippen molar-refractivity contribution in [1.29, 1.82) is 0 Å². The molecule has 2 aromatic carbocycles. The SMILES string of the molecule is Cc1ccc(Cl)cc1Nc1nc(Cc2ccccc2)nc2sc3c(c12)CCCC3. The van der Waals surface area contributed by atoms with Gasteiger partial charge < -0.3 is 5.32 Å². The quantitative estimate of drug-likeness (QED) is 0.392. The van der Waals surface area contributed by atoms with Crippen LogP contribution in [0.25, 0.3) is 10.2 Å². The van der Waals surface area contributed by atoms with E-state index < -0.39 is 0 Å². The molecule has 0 atom stereocenters. The summed E-state index contributed by atoms with van der Waals surface area (Å²) in [5.41, 5.74) is 4.80. The second kappa shape index (κ2) is 7.77. The molecule has 146 valence electrons. The number of aromatic nitrogens is 2. The Labute approximate surface area is 179 Å². The van der Waals surface area contributed by atoms with Crippen LogP contribution in [0.2, 0.25) is 5.02 Å². The molecule has 5 rings (SSSR count). The Bertz CT molecular complexity index is 1180. The van der Waals surface area contributed by atoms with Crippen LogP contribution in [0.15, 0.2) is 48.5 Å². The molecular weight excluding hydrogens is 398 g/mol. The standard InChI is InChI=1S/C24H22ClN3S/c1-15-11-12-17(25)14-19(15)26-23-22-18-9-5-6-10-20(18)29-24(22)28-21(27-23)13-16-7-3-2-4-8-16/h2-4,7-8,11-12,14H,5-6,9-10,13H2,1H3,(H,26,27,28). The summed E-state index contributed by atoms with van der Waals surface area (Å²) in [6, 6.07) is 16.3. The molecule has 0 fully saturated rings. The van der Waals surface area contributed by atoms with Crippen LogP contribution in [0.1, 0.15) is 40.2 Å². The summed E-state index contributed by atoms with van der Waals surface area (Å²) in [5, 5.41) is 5.51. The average Bonchev–Trinajstić information content (AvgIpc) is 3.10. The molecular formula is C24H22ClN3S. The van der Waals surface area contributed by atoms with Crippen LogP contribution < -0.4 is 5.32 Å². The number of rotatable bonds is 4. The molecule has 0 spiro atoms. The van der Waals surface area contributed by atoms with Gasteiger partial charge in [-0.25, -0.2) is 9.97 Å². The van der Waals surface area contributed by atoms with E-state index in [1.165, 1.54) is 34.2 Å². The van der Waals surface area contributed by atoms with Gasteiger partial charge in [0.15, 0.2) is 0 Å². The fraction of sp³-hybridized carbons (Fsp3) is 0.250. The normalized spacial score (nSPS) is 13.4.